The first kappa shape index (κ1) is 18.9. The van der Waals surface area contributed by atoms with E-state index in [9.17, 15) is 9.59 Å². The van der Waals surface area contributed by atoms with Crippen molar-refractivity contribution in [3.05, 3.63) is 65.2 Å². The molecule has 2 amide bonds. The Morgan fingerprint density at radius 1 is 1.15 bits per heavy atom. The number of para-hydroxylation sites is 1. The first-order valence-electron chi connectivity index (χ1n) is 8.42. The quantitative estimate of drug-likeness (QED) is 0.611. The van der Waals surface area contributed by atoms with Crippen molar-refractivity contribution in [3.63, 3.8) is 0 Å². The second-order valence-electron chi connectivity index (χ2n) is 5.78. The smallest absolute Gasteiger partial charge is 0.287 e. The third kappa shape index (κ3) is 4.27. The minimum Gasteiger partial charge on any atom is -0.385 e. The summed E-state index contributed by atoms with van der Waals surface area (Å²) in [6, 6.07) is 12.2. The van der Waals surface area contributed by atoms with E-state index < -0.39 is 5.91 Å². The van der Waals surface area contributed by atoms with Crippen molar-refractivity contribution in [2.45, 2.75) is 6.42 Å². The average Bonchev–Trinajstić information content (AvgIpc) is 3.07. The highest BCUT2D eigenvalue weighted by Gasteiger charge is 2.21. The van der Waals surface area contributed by atoms with Gasteiger partial charge in [0.1, 0.15) is 0 Å². The number of carbonyl (C=O) groups excluding carboxylic acids is 2. The molecule has 0 spiro atoms. The second kappa shape index (κ2) is 8.66. The first-order chi connectivity index (χ1) is 13.1. The summed E-state index contributed by atoms with van der Waals surface area (Å²) in [4.78, 5) is 29.5. The van der Waals surface area contributed by atoms with Gasteiger partial charge in [-0.2, -0.15) is 0 Å². The van der Waals surface area contributed by atoms with Gasteiger partial charge in [0.2, 0.25) is 5.82 Å². The van der Waals surface area contributed by atoms with Crippen LogP contribution in [0.2, 0.25) is 5.02 Å². The van der Waals surface area contributed by atoms with Crippen LogP contribution in [0.3, 0.4) is 0 Å². The van der Waals surface area contributed by atoms with Crippen LogP contribution in [-0.2, 0) is 4.74 Å². The summed E-state index contributed by atoms with van der Waals surface area (Å²) in [7, 11) is 1.60. The van der Waals surface area contributed by atoms with E-state index in [4.69, 9.17) is 16.3 Å². The van der Waals surface area contributed by atoms with Crippen molar-refractivity contribution in [2.24, 2.45) is 0 Å². The summed E-state index contributed by atoms with van der Waals surface area (Å²) >= 11 is 6.10. The number of hydrogen-bond donors (Lipinski definition) is 2. The van der Waals surface area contributed by atoms with Crippen molar-refractivity contribution >= 4 is 34.6 Å². The first-order valence-corrected chi connectivity index (χ1v) is 8.79. The zero-order valence-corrected chi connectivity index (χ0v) is 15.5. The van der Waals surface area contributed by atoms with E-state index in [0.717, 1.165) is 0 Å². The third-order valence-corrected chi connectivity index (χ3v) is 4.23. The van der Waals surface area contributed by atoms with E-state index in [-0.39, 0.29) is 17.4 Å². The zero-order chi connectivity index (χ0) is 19.2. The van der Waals surface area contributed by atoms with Crippen LogP contribution in [0, 0.1) is 0 Å². The summed E-state index contributed by atoms with van der Waals surface area (Å²) in [6.45, 7) is 1.00. The monoisotopic (exact) mass is 386 g/mol. The molecule has 0 unspecified atom stereocenters. The van der Waals surface area contributed by atoms with Crippen LogP contribution in [0.5, 0.6) is 0 Å². The van der Waals surface area contributed by atoms with Gasteiger partial charge in [0.05, 0.1) is 16.2 Å². The lowest BCUT2D eigenvalue weighted by molar-refractivity contribution is 0.0937. The normalized spacial score (nSPS) is 10.7. The fraction of sp³-hybridized carbons (Fsp3) is 0.211. The molecule has 0 fully saturated rings. The molecule has 0 atom stereocenters. The lowest BCUT2D eigenvalue weighted by atomic mass is 10.3. The number of imidazole rings is 1. The SMILES string of the molecule is COCCCNC(=O)c1nc(C(=O)Nc2ccccc2Cl)c2ccccn12. The van der Waals surface area contributed by atoms with E-state index in [2.05, 4.69) is 15.6 Å². The van der Waals surface area contributed by atoms with Gasteiger partial charge < -0.3 is 15.4 Å². The van der Waals surface area contributed by atoms with Crippen molar-refractivity contribution in [1.82, 2.24) is 14.7 Å². The van der Waals surface area contributed by atoms with Gasteiger partial charge in [-0.05, 0) is 30.7 Å². The van der Waals surface area contributed by atoms with Gasteiger partial charge in [0, 0.05) is 26.5 Å². The highest BCUT2D eigenvalue weighted by molar-refractivity contribution is 6.34. The Balaban J connectivity index is 1.87. The molecule has 0 aliphatic rings. The van der Waals surface area contributed by atoms with Crippen molar-refractivity contribution in [3.8, 4) is 0 Å². The molecule has 2 heterocycles. The molecular weight excluding hydrogens is 368 g/mol. The van der Waals surface area contributed by atoms with Gasteiger partial charge in [0.25, 0.3) is 11.8 Å². The second-order valence-corrected chi connectivity index (χ2v) is 6.18. The van der Waals surface area contributed by atoms with Gasteiger partial charge in [-0.15, -0.1) is 0 Å². The molecule has 0 bridgehead atoms. The largest absolute Gasteiger partial charge is 0.385 e. The summed E-state index contributed by atoms with van der Waals surface area (Å²) in [5.41, 5.74) is 1.16. The number of benzene rings is 1. The van der Waals surface area contributed by atoms with E-state index in [0.29, 0.717) is 35.8 Å². The number of hydrogen-bond acceptors (Lipinski definition) is 4. The number of ether oxygens (including phenoxy) is 1. The highest BCUT2D eigenvalue weighted by Crippen LogP contribution is 2.22. The maximum Gasteiger partial charge on any atom is 0.287 e. The number of rotatable bonds is 7. The Hall–Kier alpha value is -2.90. The molecule has 8 heteroatoms. The number of pyridine rings is 1. The minimum atomic E-state index is -0.440. The number of nitrogens with zero attached hydrogens (tertiary/aromatic N) is 2. The molecule has 2 N–H and O–H groups in total. The predicted molar refractivity (Wildman–Crippen MR) is 103 cm³/mol. The minimum absolute atomic E-state index is 0.146. The molecule has 0 aliphatic carbocycles. The Labute approximate surface area is 161 Å². The average molecular weight is 387 g/mol. The Kier molecular flexibility index (Phi) is 6.05. The molecular formula is C19H19ClN4O3. The predicted octanol–water partition coefficient (Wildman–Crippen LogP) is 3.01. The van der Waals surface area contributed by atoms with Gasteiger partial charge >= 0.3 is 0 Å². The lowest BCUT2D eigenvalue weighted by Gasteiger charge is -2.05. The van der Waals surface area contributed by atoms with Gasteiger partial charge in [0.15, 0.2) is 5.69 Å². The number of nitrogens with one attached hydrogen (secondary N) is 2. The van der Waals surface area contributed by atoms with Crippen molar-refractivity contribution in [2.75, 3.05) is 25.6 Å². The molecule has 0 aliphatic heterocycles. The topological polar surface area (TPSA) is 84.7 Å². The highest BCUT2D eigenvalue weighted by atomic mass is 35.5. The molecule has 140 valence electrons. The molecule has 27 heavy (non-hydrogen) atoms. The number of aromatic nitrogens is 2. The Morgan fingerprint density at radius 3 is 2.70 bits per heavy atom. The van der Waals surface area contributed by atoms with Crippen LogP contribution < -0.4 is 10.6 Å². The van der Waals surface area contributed by atoms with Crippen LogP contribution in [0.15, 0.2) is 48.7 Å². The number of methoxy groups -OCH3 is 1. The summed E-state index contributed by atoms with van der Waals surface area (Å²) < 4.78 is 6.56. The lowest BCUT2D eigenvalue weighted by Crippen LogP contribution is -2.27. The molecule has 0 saturated heterocycles. The number of halogens is 1. The number of anilines is 1. The molecule has 3 aromatic rings. The molecule has 0 radical (unpaired) electrons. The van der Waals surface area contributed by atoms with Crippen molar-refractivity contribution < 1.29 is 14.3 Å². The number of carbonyl (C=O) groups is 2. The maximum atomic E-state index is 12.7. The Bertz CT molecular complexity index is 970. The summed E-state index contributed by atoms with van der Waals surface area (Å²) in [5, 5.41) is 5.94. The van der Waals surface area contributed by atoms with E-state index in [1.807, 2.05) is 0 Å². The van der Waals surface area contributed by atoms with Crippen LogP contribution in [0.25, 0.3) is 5.52 Å². The standard InChI is InChI=1S/C19H19ClN4O3/c1-27-12-6-10-21-19(26)17-23-16(15-9-4-5-11-24(15)17)18(25)22-14-8-3-2-7-13(14)20/h2-5,7-9,11H,6,10,12H2,1H3,(H,21,26)(H,22,25). The Morgan fingerprint density at radius 2 is 1.93 bits per heavy atom. The van der Waals surface area contributed by atoms with Crippen LogP contribution >= 0.6 is 11.6 Å². The van der Waals surface area contributed by atoms with E-state index >= 15 is 0 Å². The zero-order valence-electron chi connectivity index (χ0n) is 14.7. The van der Waals surface area contributed by atoms with Crippen LogP contribution in [0.4, 0.5) is 5.69 Å². The van der Waals surface area contributed by atoms with Crippen LogP contribution in [-0.4, -0.2) is 41.5 Å². The number of amides is 2. The van der Waals surface area contributed by atoms with Crippen LogP contribution in [0.1, 0.15) is 27.5 Å². The fourth-order valence-corrected chi connectivity index (χ4v) is 2.79. The van der Waals surface area contributed by atoms with E-state index in [1.165, 1.54) is 0 Å². The summed E-state index contributed by atoms with van der Waals surface area (Å²) in [6.07, 6.45) is 2.38. The number of fused-ring (bicyclic) bond motifs is 1. The molecule has 3 rings (SSSR count). The fourth-order valence-electron chi connectivity index (χ4n) is 2.61. The maximum absolute atomic E-state index is 12.7. The molecule has 0 saturated carbocycles. The molecule has 2 aromatic heterocycles. The van der Waals surface area contributed by atoms with Gasteiger partial charge in [-0.3, -0.25) is 14.0 Å². The molecule has 1 aromatic carbocycles. The summed E-state index contributed by atoms with van der Waals surface area (Å²) in [5.74, 6) is -0.651. The van der Waals surface area contributed by atoms with Gasteiger partial charge in [-0.1, -0.05) is 29.8 Å². The molecule has 7 nitrogen and oxygen atoms in total. The van der Waals surface area contributed by atoms with E-state index in [1.54, 1.807) is 60.2 Å². The van der Waals surface area contributed by atoms with Gasteiger partial charge in [-0.25, -0.2) is 4.98 Å². The third-order valence-electron chi connectivity index (χ3n) is 3.90. The van der Waals surface area contributed by atoms with Crippen molar-refractivity contribution in [1.29, 1.82) is 0 Å².